The molecule has 3 aromatic carbocycles. The molecule has 3 aromatic rings. The minimum Gasteiger partial charge on any atom is -0.343 e. The molecular formula is C33H33ClFN5O4. The Morgan fingerprint density at radius 2 is 1.68 bits per heavy atom. The van der Waals surface area contributed by atoms with Crippen molar-refractivity contribution in [2.24, 2.45) is 0 Å². The highest BCUT2D eigenvalue weighted by Gasteiger charge is 2.59. The summed E-state index contributed by atoms with van der Waals surface area (Å²) >= 11 is 6.10. The Bertz CT molecular complexity index is 1600. The van der Waals surface area contributed by atoms with E-state index in [9.17, 15) is 23.6 Å². The molecule has 3 heterocycles. The highest BCUT2D eigenvalue weighted by atomic mass is 35.5. The maximum absolute atomic E-state index is 14.3. The summed E-state index contributed by atoms with van der Waals surface area (Å²) in [6.07, 6.45) is 0.820. The molecule has 44 heavy (non-hydrogen) atoms. The average molecular weight is 618 g/mol. The van der Waals surface area contributed by atoms with Gasteiger partial charge in [-0.25, -0.2) is 9.18 Å². The summed E-state index contributed by atoms with van der Waals surface area (Å²) in [7, 11) is 1.43. The molecular weight excluding hydrogens is 585 g/mol. The van der Waals surface area contributed by atoms with Crippen LogP contribution in [0.5, 0.6) is 0 Å². The molecule has 0 bridgehead atoms. The maximum Gasteiger partial charge on any atom is 0.327 e. The molecule has 0 aliphatic carbocycles. The molecule has 2 N–H and O–H groups in total. The van der Waals surface area contributed by atoms with Gasteiger partial charge in [-0.15, -0.1) is 0 Å². The summed E-state index contributed by atoms with van der Waals surface area (Å²) < 4.78 is 13.7. The number of hydrogen-bond donors (Lipinski definition) is 2. The van der Waals surface area contributed by atoms with Gasteiger partial charge in [0.2, 0.25) is 11.8 Å². The molecule has 6 rings (SSSR count). The van der Waals surface area contributed by atoms with Gasteiger partial charge in [0.15, 0.2) is 0 Å². The zero-order valence-electron chi connectivity index (χ0n) is 24.3. The minimum atomic E-state index is -1.35. The van der Waals surface area contributed by atoms with Crippen molar-refractivity contribution in [1.82, 2.24) is 25.3 Å². The molecule has 228 valence electrons. The SMILES string of the molecule is CN1C(=O)N2CCN(C(=O)C(Cc3ccc(Cl)cc3)NC(=O)C3Cc4ccccc4CN3)CC2(Cc2ccc(F)cc2)C1=O. The van der Waals surface area contributed by atoms with Gasteiger partial charge < -0.3 is 20.4 Å². The van der Waals surface area contributed by atoms with Gasteiger partial charge in [0.05, 0.1) is 12.6 Å². The Labute approximate surface area is 259 Å². The normalized spacial score (nSPS) is 22.0. The zero-order valence-corrected chi connectivity index (χ0v) is 25.0. The smallest absolute Gasteiger partial charge is 0.327 e. The molecule has 3 atom stereocenters. The van der Waals surface area contributed by atoms with Crippen LogP contribution in [0.2, 0.25) is 5.02 Å². The van der Waals surface area contributed by atoms with Crippen LogP contribution in [0.25, 0.3) is 0 Å². The number of imide groups is 1. The van der Waals surface area contributed by atoms with Crippen molar-refractivity contribution in [2.45, 2.75) is 43.4 Å². The molecule has 0 radical (unpaired) electrons. The van der Waals surface area contributed by atoms with Crippen LogP contribution in [0.1, 0.15) is 22.3 Å². The molecule has 3 aliphatic heterocycles. The number of nitrogens with one attached hydrogen (secondary N) is 2. The van der Waals surface area contributed by atoms with Gasteiger partial charge in [0.25, 0.3) is 5.91 Å². The quantitative estimate of drug-likeness (QED) is 0.397. The van der Waals surface area contributed by atoms with Crippen molar-refractivity contribution in [3.05, 3.63) is 106 Å². The largest absolute Gasteiger partial charge is 0.343 e. The lowest BCUT2D eigenvalue weighted by Gasteiger charge is -2.45. The average Bonchev–Trinajstić information content (AvgIpc) is 3.22. The summed E-state index contributed by atoms with van der Waals surface area (Å²) in [5.74, 6) is -1.48. The van der Waals surface area contributed by atoms with Crippen LogP contribution in [0.4, 0.5) is 9.18 Å². The number of benzene rings is 3. The first kappa shape index (κ1) is 29.8. The van der Waals surface area contributed by atoms with Crippen molar-refractivity contribution in [1.29, 1.82) is 0 Å². The molecule has 0 saturated carbocycles. The number of carbonyl (C=O) groups is 4. The number of fused-ring (bicyclic) bond motifs is 2. The second kappa shape index (κ2) is 12.0. The standard InChI is InChI=1S/C33H33ClFN5O4/c1-38-31(43)33(18-22-8-12-26(35)13-9-22)20-39(14-15-40(33)32(38)44)30(42)28(16-21-6-10-25(34)11-7-21)37-29(41)27-17-23-4-2-3-5-24(23)19-36-27/h2-13,27-28,36H,14-20H2,1H3,(H,37,41). The molecule has 9 nitrogen and oxygen atoms in total. The molecule has 3 aliphatic rings. The number of carbonyl (C=O) groups excluding carboxylic acids is 4. The third kappa shape index (κ3) is 5.67. The number of amides is 5. The second-order valence-electron chi connectivity index (χ2n) is 11.7. The van der Waals surface area contributed by atoms with Crippen LogP contribution in [0.15, 0.2) is 72.8 Å². The molecule has 3 unspecified atom stereocenters. The second-order valence-corrected chi connectivity index (χ2v) is 12.1. The van der Waals surface area contributed by atoms with E-state index >= 15 is 0 Å². The number of hydrogen-bond acceptors (Lipinski definition) is 5. The Morgan fingerprint density at radius 1 is 1.00 bits per heavy atom. The third-order valence-electron chi connectivity index (χ3n) is 8.87. The van der Waals surface area contributed by atoms with Crippen LogP contribution in [0, 0.1) is 5.82 Å². The lowest BCUT2D eigenvalue weighted by Crippen LogP contribution is -2.67. The lowest BCUT2D eigenvalue weighted by molar-refractivity contribution is -0.144. The number of halogens is 2. The van der Waals surface area contributed by atoms with Gasteiger partial charge in [-0.1, -0.05) is 60.1 Å². The van der Waals surface area contributed by atoms with E-state index in [1.807, 2.05) is 36.4 Å². The van der Waals surface area contributed by atoms with Gasteiger partial charge >= 0.3 is 6.03 Å². The van der Waals surface area contributed by atoms with Crippen molar-refractivity contribution in [3.63, 3.8) is 0 Å². The van der Waals surface area contributed by atoms with Crippen molar-refractivity contribution in [2.75, 3.05) is 26.7 Å². The van der Waals surface area contributed by atoms with E-state index in [0.29, 0.717) is 23.6 Å². The summed E-state index contributed by atoms with van der Waals surface area (Å²) in [4.78, 5) is 58.7. The molecule has 2 fully saturated rings. The van der Waals surface area contributed by atoms with E-state index in [1.54, 1.807) is 29.2 Å². The Balaban J connectivity index is 1.26. The number of rotatable bonds is 7. The predicted molar refractivity (Wildman–Crippen MR) is 162 cm³/mol. The minimum absolute atomic E-state index is 0.0554. The zero-order chi connectivity index (χ0) is 31.0. The Morgan fingerprint density at radius 3 is 2.41 bits per heavy atom. The van der Waals surface area contributed by atoms with Gasteiger partial charge in [0, 0.05) is 44.5 Å². The number of piperazine rings is 1. The lowest BCUT2D eigenvalue weighted by atomic mass is 9.86. The Hall–Kier alpha value is -4.28. The number of urea groups is 1. The summed E-state index contributed by atoms with van der Waals surface area (Å²) in [6.45, 7) is 0.824. The van der Waals surface area contributed by atoms with Gasteiger partial charge in [-0.05, 0) is 52.9 Å². The highest BCUT2D eigenvalue weighted by Crippen LogP contribution is 2.35. The number of likely N-dealkylation sites (N-methyl/N-ethyl adjacent to an activating group) is 1. The fourth-order valence-corrected chi connectivity index (χ4v) is 6.63. The topological polar surface area (TPSA) is 102 Å². The monoisotopic (exact) mass is 617 g/mol. The van der Waals surface area contributed by atoms with Crippen molar-refractivity contribution >= 4 is 35.4 Å². The summed E-state index contributed by atoms with van der Waals surface area (Å²) in [6, 6.07) is 18.9. The van der Waals surface area contributed by atoms with Gasteiger partial charge in [0.1, 0.15) is 17.4 Å². The number of nitrogens with zero attached hydrogens (tertiary/aromatic N) is 3. The van der Waals surface area contributed by atoms with Crippen LogP contribution < -0.4 is 10.6 Å². The summed E-state index contributed by atoms with van der Waals surface area (Å²) in [5, 5.41) is 6.82. The molecule has 11 heteroatoms. The van der Waals surface area contributed by atoms with E-state index in [1.165, 1.54) is 24.1 Å². The molecule has 0 spiro atoms. The molecule has 2 saturated heterocycles. The van der Waals surface area contributed by atoms with Crippen molar-refractivity contribution < 1.29 is 23.6 Å². The summed E-state index contributed by atoms with van der Waals surface area (Å²) in [5.41, 5.74) is 2.34. The van der Waals surface area contributed by atoms with Crippen LogP contribution >= 0.6 is 11.6 Å². The molecule has 5 amide bonds. The van der Waals surface area contributed by atoms with Crippen molar-refractivity contribution in [3.8, 4) is 0 Å². The molecule has 0 aromatic heterocycles. The van der Waals surface area contributed by atoms with E-state index < -0.39 is 35.4 Å². The third-order valence-corrected chi connectivity index (χ3v) is 9.12. The van der Waals surface area contributed by atoms with Gasteiger partial charge in [-0.2, -0.15) is 0 Å². The van der Waals surface area contributed by atoms with E-state index in [4.69, 9.17) is 11.6 Å². The van der Waals surface area contributed by atoms with Crippen LogP contribution in [-0.4, -0.2) is 82.8 Å². The predicted octanol–water partition coefficient (Wildman–Crippen LogP) is 2.94. The first-order valence-corrected chi connectivity index (χ1v) is 15.0. The maximum atomic E-state index is 14.3. The first-order chi connectivity index (χ1) is 21.1. The van der Waals surface area contributed by atoms with Crippen LogP contribution in [-0.2, 0) is 40.2 Å². The first-order valence-electron chi connectivity index (χ1n) is 14.6. The highest BCUT2D eigenvalue weighted by molar-refractivity contribution is 6.30. The fraction of sp³-hybridized carbons (Fsp3) is 0.333. The Kier molecular flexibility index (Phi) is 8.13. The van der Waals surface area contributed by atoms with E-state index in [0.717, 1.165) is 21.6 Å². The van der Waals surface area contributed by atoms with E-state index in [-0.39, 0.29) is 44.3 Å². The van der Waals surface area contributed by atoms with Gasteiger partial charge in [-0.3, -0.25) is 19.3 Å². The fourth-order valence-electron chi connectivity index (χ4n) is 6.50. The van der Waals surface area contributed by atoms with Crippen LogP contribution in [0.3, 0.4) is 0 Å². The van der Waals surface area contributed by atoms with E-state index in [2.05, 4.69) is 10.6 Å².